The lowest BCUT2D eigenvalue weighted by atomic mass is 9.83. The third-order valence-electron chi connectivity index (χ3n) is 5.60. The highest BCUT2D eigenvalue weighted by molar-refractivity contribution is 5.86. The van der Waals surface area contributed by atoms with Crippen molar-refractivity contribution in [1.29, 1.82) is 0 Å². The first kappa shape index (κ1) is 15.4. The van der Waals surface area contributed by atoms with Gasteiger partial charge in [-0.15, -0.1) is 0 Å². The van der Waals surface area contributed by atoms with Gasteiger partial charge in [-0.2, -0.15) is 0 Å². The molecule has 26 heavy (non-hydrogen) atoms. The fraction of sp³-hybridized carbons (Fsp3) is 0.350. The van der Waals surface area contributed by atoms with Gasteiger partial charge in [-0.05, 0) is 30.5 Å². The van der Waals surface area contributed by atoms with Crippen LogP contribution >= 0.6 is 0 Å². The molecule has 2 bridgehead atoms. The van der Waals surface area contributed by atoms with Crippen LogP contribution in [0.1, 0.15) is 23.7 Å². The number of nitrogens with zero attached hydrogens (tertiary/aromatic N) is 3. The monoisotopic (exact) mass is 349 g/mol. The molecule has 2 aromatic heterocycles. The Balaban J connectivity index is 1.39. The largest absolute Gasteiger partial charge is 0.356 e. The summed E-state index contributed by atoms with van der Waals surface area (Å²) in [6.07, 6.45) is 1.29. The van der Waals surface area contributed by atoms with E-state index in [-0.39, 0.29) is 23.8 Å². The number of aromatic nitrogens is 2. The number of hydrogen-bond donors (Lipinski definition) is 0. The lowest BCUT2D eigenvalue weighted by Crippen LogP contribution is -2.49. The molecule has 1 saturated heterocycles. The SMILES string of the molecule is O=C(Cc1noc2ccccc12)N1C[C@H]2C[C@@H](C1)c1cccc(=O)n1C2. The summed E-state index contributed by atoms with van der Waals surface area (Å²) in [5, 5.41) is 4.98. The normalized spacial score (nSPS) is 21.6. The summed E-state index contributed by atoms with van der Waals surface area (Å²) in [6, 6.07) is 13.1. The highest BCUT2D eigenvalue weighted by Gasteiger charge is 2.36. The highest BCUT2D eigenvalue weighted by Crippen LogP contribution is 2.35. The van der Waals surface area contributed by atoms with Gasteiger partial charge in [0.05, 0.1) is 6.42 Å². The van der Waals surface area contributed by atoms with Crippen molar-refractivity contribution in [2.75, 3.05) is 13.1 Å². The summed E-state index contributed by atoms with van der Waals surface area (Å²) in [5.41, 5.74) is 2.52. The lowest BCUT2D eigenvalue weighted by molar-refractivity contribution is -0.133. The lowest BCUT2D eigenvalue weighted by Gasteiger charge is -2.42. The van der Waals surface area contributed by atoms with Gasteiger partial charge in [-0.25, -0.2) is 0 Å². The van der Waals surface area contributed by atoms with Gasteiger partial charge in [0.1, 0.15) is 5.69 Å². The summed E-state index contributed by atoms with van der Waals surface area (Å²) in [5.74, 6) is 0.638. The van der Waals surface area contributed by atoms with Crippen LogP contribution in [0.2, 0.25) is 0 Å². The first-order valence-corrected chi connectivity index (χ1v) is 9.00. The molecule has 5 rings (SSSR count). The van der Waals surface area contributed by atoms with Crippen LogP contribution in [-0.2, 0) is 17.8 Å². The first-order chi connectivity index (χ1) is 12.7. The van der Waals surface area contributed by atoms with E-state index in [1.54, 1.807) is 6.07 Å². The molecule has 1 amide bonds. The summed E-state index contributed by atoms with van der Waals surface area (Å²) < 4.78 is 7.19. The van der Waals surface area contributed by atoms with Crippen molar-refractivity contribution in [2.45, 2.75) is 25.3 Å². The van der Waals surface area contributed by atoms with E-state index in [1.165, 1.54) is 0 Å². The fourth-order valence-electron chi connectivity index (χ4n) is 4.42. The third kappa shape index (κ3) is 2.44. The summed E-state index contributed by atoms with van der Waals surface area (Å²) in [4.78, 5) is 26.9. The molecule has 0 unspecified atom stereocenters. The Morgan fingerprint density at radius 2 is 2.00 bits per heavy atom. The molecule has 0 saturated carbocycles. The third-order valence-corrected chi connectivity index (χ3v) is 5.60. The first-order valence-electron chi connectivity index (χ1n) is 9.00. The smallest absolute Gasteiger partial charge is 0.250 e. The average molecular weight is 349 g/mol. The molecule has 0 aliphatic carbocycles. The van der Waals surface area contributed by atoms with E-state index in [0.717, 1.165) is 17.5 Å². The molecule has 4 heterocycles. The van der Waals surface area contributed by atoms with Crippen LogP contribution in [0.4, 0.5) is 0 Å². The summed E-state index contributed by atoms with van der Waals surface area (Å²) >= 11 is 0. The van der Waals surface area contributed by atoms with Gasteiger partial charge >= 0.3 is 0 Å². The summed E-state index contributed by atoms with van der Waals surface area (Å²) in [7, 11) is 0. The fourth-order valence-corrected chi connectivity index (χ4v) is 4.42. The van der Waals surface area contributed by atoms with Crippen molar-refractivity contribution >= 4 is 16.9 Å². The second kappa shape index (κ2) is 5.83. The molecule has 2 atom stereocenters. The number of benzene rings is 1. The minimum Gasteiger partial charge on any atom is -0.356 e. The molecule has 6 nitrogen and oxygen atoms in total. The van der Waals surface area contributed by atoms with Crippen LogP contribution in [-0.4, -0.2) is 33.6 Å². The Morgan fingerprint density at radius 1 is 1.12 bits per heavy atom. The van der Waals surface area contributed by atoms with E-state index < -0.39 is 0 Å². The molecule has 1 fully saturated rings. The second-order valence-corrected chi connectivity index (χ2v) is 7.30. The molecule has 0 spiro atoms. The van der Waals surface area contributed by atoms with Crippen molar-refractivity contribution in [3.8, 4) is 0 Å². The topological polar surface area (TPSA) is 68.3 Å². The maximum absolute atomic E-state index is 12.9. The quantitative estimate of drug-likeness (QED) is 0.711. The Kier molecular flexibility index (Phi) is 3.45. The number of para-hydroxylation sites is 1. The van der Waals surface area contributed by atoms with Gasteiger partial charge in [0.15, 0.2) is 5.58 Å². The van der Waals surface area contributed by atoms with Crippen LogP contribution in [0, 0.1) is 5.92 Å². The van der Waals surface area contributed by atoms with Crippen molar-refractivity contribution in [3.05, 3.63) is 64.2 Å². The Morgan fingerprint density at radius 3 is 2.92 bits per heavy atom. The van der Waals surface area contributed by atoms with Gasteiger partial charge < -0.3 is 14.0 Å². The van der Waals surface area contributed by atoms with Gasteiger partial charge in [0.2, 0.25) is 5.91 Å². The van der Waals surface area contributed by atoms with E-state index >= 15 is 0 Å². The number of piperidine rings is 1. The van der Waals surface area contributed by atoms with E-state index in [9.17, 15) is 9.59 Å². The van der Waals surface area contributed by atoms with Crippen molar-refractivity contribution in [2.24, 2.45) is 5.92 Å². The van der Waals surface area contributed by atoms with Gasteiger partial charge in [-0.3, -0.25) is 9.59 Å². The maximum atomic E-state index is 12.9. The molecule has 0 N–H and O–H groups in total. The van der Waals surface area contributed by atoms with Gasteiger partial charge in [-0.1, -0.05) is 23.4 Å². The number of amides is 1. The number of pyridine rings is 1. The zero-order chi connectivity index (χ0) is 17.7. The maximum Gasteiger partial charge on any atom is 0.250 e. The Bertz CT molecular complexity index is 1050. The molecular formula is C20H19N3O3. The number of likely N-dealkylation sites (tertiary alicyclic amines) is 1. The Hall–Kier alpha value is -2.89. The predicted octanol–water partition coefficient (Wildman–Crippen LogP) is 2.18. The molecule has 6 heteroatoms. The summed E-state index contributed by atoms with van der Waals surface area (Å²) in [6.45, 7) is 2.06. The number of hydrogen-bond acceptors (Lipinski definition) is 4. The van der Waals surface area contributed by atoms with Crippen LogP contribution in [0.25, 0.3) is 11.0 Å². The molecule has 1 aromatic carbocycles. The van der Waals surface area contributed by atoms with E-state index in [2.05, 4.69) is 5.16 Å². The van der Waals surface area contributed by atoms with Gasteiger partial charge in [0, 0.05) is 42.7 Å². The van der Waals surface area contributed by atoms with E-state index in [0.29, 0.717) is 36.8 Å². The molecule has 2 aliphatic heterocycles. The molecule has 0 radical (unpaired) electrons. The molecule has 2 aliphatic rings. The number of carbonyl (C=O) groups excluding carboxylic acids is 1. The van der Waals surface area contributed by atoms with Crippen LogP contribution in [0.3, 0.4) is 0 Å². The van der Waals surface area contributed by atoms with Crippen LogP contribution < -0.4 is 5.56 Å². The molecule has 3 aromatic rings. The molecular weight excluding hydrogens is 330 g/mol. The predicted molar refractivity (Wildman–Crippen MR) is 95.8 cm³/mol. The second-order valence-electron chi connectivity index (χ2n) is 7.30. The Labute approximate surface area is 150 Å². The molecule has 132 valence electrons. The van der Waals surface area contributed by atoms with Crippen molar-refractivity contribution in [3.63, 3.8) is 0 Å². The van der Waals surface area contributed by atoms with Gasteiger partial charge in [0.25, 0.3) is 5.56 Å². The average Bonchev–Trinajstić information content (AvgIpc) is 3.05. The van der Waals surface area contributed by atoms with E-state index in [1.807, 2.05) is 45.9 Å². The number of carbonyl (C=O) groups is 1. The highest BCUT2D eigenvalue weighted by atomic mass is 16.5. The minimum absolute atomic E-state index is 0.0612. The zero-order valence-corrected chi connectivity index (χ0v) is 14.3. The minimum atomic E-state index is 0.0612. The van der Waals surface area contributed by atoms with Crippen molar-refractivity contribution < 1.29 is 9.32 Å². The number of rotatable bonds is 2. The van der Waals surface area contributed by atoms with Crippen molar-refractivity contribution in [1.82, 2.24) is 14.6 Å². The zero-order valence-electron chi connectivity index (χ0n) is 14.3. The van der Waals surface area contributed by atoms with E-state index in [4.69, 9.17) is 4.52 Å². The van der Waals surface area contributed by atoms with Crippen LogP contribution in [0.5, 0.6) is 0 Å². The standard InChI is InChI=1S/C20H19N3O3/c24-19-7-3-5-17-14-8-13(11-23(17)19)10-22(12-14)20(25)9-16-15-4-1-2-6-18(15)26-21-16/h1-7,13-14H,8-12H2/t13-,14+/m1/s1. The van der Waals surface area contributed by atoms with Crippen LogP contribution in [0.15, 0.2) is 51.8 Å². The number of fused-ring (bicyclic) bond motifs is 5.